The van der Waals surface area contributed by atoms with Crippen molar-refractivity contribution >= 4 is 27.3 Å². The van der Waals surface area contributed by atoms with Gasteiger partial charge in [-0.15, -0.1) is 0 Å². The SMILES string of the molecule is CN(c1ccnc(Nc2ccc(C(F)(F)F)cc2)n1)C1CCS(=O)(=O)C1. The summed E-state index contributed by atoms with van der Waals surface area (Å²) in [5.41, 5.74) is -0.318. The Morgan fingerprint density at radius 2 is 1.88 bits per heavy atom. The minimum Gasteiger partial charge on any atom is -0.355 e. The summed E-state index contributed by atoms with van der Waals surface area (Å²) in [6.45, 7) is 0. The van der Waals surface area contributed by atoms with Gasteiger partial charge in [-0.25, -0.2) is 13.4 Å². The van der Waals surface area contributed by atoms with Gasteiger partial charge in [-0.3, -0.25) is 0 Å². The Balaban J connectivity index is 1.73. The lowest BCUT2D eigenvalue weighted by Crippen LogP contribution is -2.33. The topological polar surface area (TPSA) is 75.2 Å². The molecule has 1 unspecified atom stereocenters. The molecule has 1 aliphatic heterocycles. The van der Waals surface area contributed by atoms with Gasteiger partial charge in [-0.2, -0.15) is 18.2 Å². The Morgan fingerprint density at radius 1 is 1.19 bits per heavy atom. The maximum atomic E-state index is 12.6. The fourth-order valence-corrected chi connectivity index (χ4v) is 4.52. The number of halogens is 3. The highest BCUT2D eigenvalue weighted by molar-refractivity contribution is 7.91. The molecule has 0 saturated carbocycles. The van der Waals surface area contributed by atoms with Gasteiger partial charge in [-0.1, -0.05) is 0 Å². The molecule has 1 N–H and O–H groups in total. The second kappa shape index (κ2) is 6.75. The molecule has 1 atom stereocenters. The number of alkyl halides is 3. The number of nitrogens with zero attached hydrogens (tertiary/aromatic N) is 3. The van der Waals surface area contributed by atoms with Crippen LogP contribution in [-0.2, 0) is 16.0 Å². The summed E-state index contributed by atoms with van der Waals surface area (Å²) in [7, 11) is -1.26. The van der Waals surface area contributed by atoms with E-state index in [0.717, 1.165) is 12.1 Å². The molecule has 0 radical (unpaired) electrons. The lowest BCUT2D eigenvalue weighted by atomic mass is 10.2. The van der Waals surface area contributed by atoms with E-state index in [2.05, 4.69) is 15.3 Å². The molecule has 2 heterocycles. The molecule has 1 saturated heterocycles. The van der Waals surface area contributed by atoms with E-state index in [-0.39, 0.29) is 23.5 Å². The molecule has 0 amide bonds. The molecular weight excluding hydrogens is 369 g/mol. The number of aromatic nitrogens is 2. The van der Waals surface area contributed by atoms with Crippen molar-refractivity contribution in [1.82, 2.24) is 9.97 Å². The van der Waals surface area contributed by atoms with Crippen molar-refractivity contribution in [2.75, 3.05) is 28.8 Å². The zero-order valence-corrected chi connectivity index (χ0v) is 14.7. The van der Waals surface area contributed by atoms with E-state index in [1.54, 1.807) is 18.0 Å². The Morgan fingerprint density at radius 3 is 2.46 bits per heavy atom. The third-order valence-corrected chi connectivity index (χ3v) is 5.98. The highest BCUT2D eigenvalue weighted by Gasteiger charge is 2.31. The van der Waals surface area contributed by atoms with E-state index in [0.29, 0.717) is 17.9 Å². The van der Waals surface area contributed by atoms with E-state index in [1.807, 2.05) is 0 Å². The first-order chi connectivity index (χ1) is 12.1. The third kappa shape index (κ3) is 4.24. The van der Waals surface area contributed by atoms with E-state index < -0.39 is 21.6 Å². The summed E-state index contributed by atoms with van der Waals surface area (Å²) >= 11 is 0. The molecule has 3 rings (SSSR count). The van der Waals surface area contributed by atoms with Crippen LogP contribution in [0.15, 0.2) is 36.5 Å². The molecule has 0 bridgehead atoms. The largest absolute Gasteiger partial charge is 0.416 e. The molecule has 10 heteroatoms. The molecule has 2 aromatic rings. The summed E-state index contributed by atoms with van der Waals surface area (Å²) in [5.74, 6) is 0.991. The van der Waals surface area contributed by atoms with Crippen molar-refractivity contribution in [1.29, 1.82) is 0 Å². The van der Waals surface area contributed by atoms with Gasteiger partial charge in [-0.05, 0) is 36.8 Å². The number of hydrogen-bond donors (Lipinski definition) is 1. The van der Waals surface area contributed by atoms with Gasteiger partial charge in [0, 0.05) is 25.0 Å². The van der Waals surface area contributed by atoms with Gasteiger partial charge >= 0.3 is 6.18 Å². The Kier molecular flexibility index (Phi) is 4.78. The molecular formula is C16H17F3N4O2S. The van der Waals surface area contributed by atoms with Gasteiger partial charge in [0.2, 0.25) is 5.95 Å². The minimum absolute atomic E-state index is 0.0785. The number of nitrogens with one attached hydrogen (secondary N) is 1. The maximum Gasteiger partial charge on any atom is 0.416 e. The molecule has 6 nitrogen and oxygen atoms in total. The van der Waals surface area contributed by atoms with Crippen LogP contribution in [0.1, 0.15) is 12.0 Å². The fraction of sp³-hybridized carbons (Fsp3) is 0.375. The first-order valence-electron chi connectivity index (χ1n) is 7.85. The van der Waals surface area contributed by atoms with Crippen LogP contribution in [0.25, 0.3) is 0 Å². The van der Waals surface area contributed by atoms with Crippen LogP contribution in [0, 0.1) is 0 Å². The summed E-state index contributed by atoms with van der Waals surface area (Å²) in [6, 6.07) is 6.04. The second-order valence-electron chi connectivity index (χ2n) is 6.11. The summed E-state index contributed by atoms with van der Waals surface area (Å²) in [4.78, 5) is 10.2. The zero-order valence-electron chi connectivity index (χ0n) is 13.9. The average Bonchev–Trinajstić information content (AvgIpc) is 2.94. The first kappa shape index (κ1) is 18.4. The van der Waals surface area contributed by atoms with Gasteiger partial charge in [0.05, 0.1) is 17.1 Å². The van der Waals surface area contributed by atoms with E-state index in [9.17, 15) is 21.6 Å². The quantitative estimate of drug-likeness (QED) is 0.871. The highest BCUT2D eigenvalue weighted by Crippen LogP contribution is 2.30. The number of rotatable bonds is 4. The molecule has 1 fully saturated rings. The van der Waals surface area contributed by atoms with Crippen LogP contribution < -0.4 is 10.2 Å². The van der Waals surface area contributed by atoms with Crippen molar-refractivity contribution in [3.8, 4) is 0 Å². The van der Waals surface area contributed by atoms with Crippen molar-refractivity contribution in [2.24, 2.45) is 0 Å². The highest BCUT2D eigenvalue weighted by atomic mass is 32.2. The number of anilines is 3. The number of sulfone groups is 1. The Labute approximate surface area is 149 Å². The lowest BCUT2D eigenvalue weighted by molar-refractivity contribution is -0.137. The number of benzene rings is 1. The fourth-order valence-electron chi connectivity index (χ4n) is 2.75. The van der Waals surface area contributed by atoms with Crippen molar-refractivity contribution in [2.45, 2.75) is 18.6 Å². The van der Waals surface area contributed by atoms with Gasteiger partial charge in [0.15, 0.2) is 9.84 Å². The molecule has 26 heavy (non-hydrogen) atoms. The monoisotopic (exact) mass is 386 g/mol. The van der Waals surface area contributed by atoms with Crippen LogP contribution in [0.5, 0.6) is 0 Å². The molecule has 1 aromatic carbocycles. The zero-order chi connectivity index (χ0) is 18.9. The molecule has 0 spiro atoms. The minimum atomic E-state index is -4.39. The lowest BCUT2D eigenvalue weighted by Gasteiger charge is -2.24. The van der Waals surface area contributed by atoms with Crippen LogP contribution in [0.3, 0.4) is 0 Å². The predicted octanol–water partition coefficient (Wildman–Crippen LogP) is 2.86. The maximum absolute atomic E-state index is 12.6. The first-order valence-corrected chi connectivity index (χ1v) is 9.67. The molecule has 140 valence electrons. The summed E-state index contributed by atoms with van der Waals surface area (Å²) < 4.78 is 61.1. The van der Waals surface area contributed by atoms with Gasteiger partial charge < -0.3 is 10.2 Å². The van der Waals surface area contributed by atoms with E-state index in [1.165, 1.54) is 18.3 Å². The van der Waals surface area contributed by atoms with Crippen LogP contribution in [-0.4, -0.2) is 43.0 Å². The van der Waals surface area contributed by atoms with E-state index >= 15 is 0 Å². The number of hydrogen-bond acceptors (Lipinski definition) is 6. The van der Waals surface area contributed by atoms with Crippen LogP contribution in [0.2, 0.25) is 0 Å². The normalized spacial score (nSPS) is 19.3. The third-order valence-electron chi connectivity index (χ3n) is 4.23. The van der Waals surface area contributed by atoms with Crippen molar-refractivity contribution in [3.63, 3.8) is 0 Å². The van der Waals surface area contributed by atoms with Crippen LogP contribution >= 0.6 is 0 Å². The summed E-state index contributed by atoms with van der Waals surface area (Å²) in [6.07, 6.45) is -2.35. The molecule has 1 aliphatic rings. The van der Waals surface area contributed by atoms with Crippen molar-refractivity contribution in [3.05, 3.63) is 42.1 Å². The standard InChI is InChI=1S/C16H17F3N4O2S/c1-23(13-7-9-26(24,25)10-13)14-6-8-20-15(22-14)21-12-4-2-11(3-5-12)16(17,18)19/h2-6,8,13H,7,9-10H2,1H3,(H,20,21,22). The average molecular weight is 386 g/mol. The molecule has 0 aliphatic carbocycles. The van der Waals surface area contributed by atoms with Crippen LogP contribution in [0.4, 0.5) is 30.6 Å². The van der Waals surface area contributed by atoms with Gasteiger partial charge in [0.25, 0.3) is 0 Å². The Bertz CT molecular complexity index is 885. The Hall–Kier alpha value is -2.36. The van der Waals surface area contributed by atoms with Gasteiger partial charge in [0.1, 0.15) is 5.82 Å². The predicted molar refractivity (Wildman–Crippen MR) is 92.2 cm³/mol. The van der Waals surface area contributed by atoms with E-state index in [4.69, 9.17) is 0 Å². The smallest absolute Gasteiger partial charge is 0.355 e. The van der Waals surface area contributed by atoms with Crippen molar-refractivity contribution < 1.29 is 21.6 Å². The second-order valence-corrected chi connectivity index (χ2v) is 8.34. The molecule has 1 aromatic heterocycles. The summed E-state index contributed by atoms with van der Waals surface area (Å²) in [5, 5.41) is 2.85.